The third-order valence-electron chi connectivity index (χ3n) is 3.75. The Morgan fingerprint density at radius 3 is 2.19 bits per heavy atom. The number of rotatable bonds is 6. The molecule has 5 nitrogen and oxygen atoms in total. The molecule has 6 heteroatoms. The Labute approximate surface area is 132 Å². The Hall–Kier alpha value is -1.01. The second-order valence-electron chi connectivity index (χ2n) is 4.96. The maximum atomic E-state index is 9.38. The van der Waals surface area contributed by atoms with Gasteiger partial charge in [-0.05, 0) is 24.1 Å². The highest BCUT2D eigenvalue weighted by Gasteiger charge is 2.22. The molecule has 1 aliphatic rings. The Balaban J connectivity index is 0.00000220. The Morgan fingerprint density at radius 1 is 1.14 bits per heavy atom. The highest BCUT2D eigenvalue weighted by Crippen LogP contribution is 2.31. The summed E-state index contributed by atoms with van der Waals surface area (Å²) in [6, 6.07) is 6.14. The number of piperazine rings is 1. The lowest BCUT2D eigenvalue weighted by Crippen LogP contribution is -2.45. The van der Waals surface area contributed by atoms with Gasteiger partial charge in [0.15, 0.2) is 0 Å². The third kappa shape index (κ3) is 4.74. The molecule has 21 heavy (non-hydrogen) atoms. The highest BCUT2D eigenvalue weighted by atomic mass is 35.5. The predicted octanol–water partition coefficient (Wildman–Crippen LogP) is 1.45. The lowest BCUT2D eigenvalue weighted by molar-refractivity contribution is 0.140. The van der Waals surface area contributed by atoms with Crippen LogP contribution in [0.3, 0.4) is 0 Å². The summed E-state index contributed by atoms with van der Waals surface area (Å²) in [5.74, 6) is 1.58. The molecule has 1 atom stereocenters. The summed E-state index contributed by atoms with van der Waals surface area (Å²) in [5, 5.41) is 12.7. The van der Waals surface area contributed by atoms with E-state index in [1.54, 1.807) is 14.2 Å². The minimum Gasteiger partial charge on any atom is -0.497 e. The molecule has 0 radical (unpaired) electrons. The van der Waals surface area contributed by atoms with Crippen LogP contribution >= 0.6 is 12.4 Å². The summed E-state index contributed by atoms with van der Waals surface area (Å²) >= 11 is 0. The molecule has 1 heterocycles. The SMILES string of the molecule is COc1cc(OC)cc([C@@H](CCO)N2CCNCC2)c1.Cl. The Morgan fingerprint density at radius 2 is 1.71 bits per heavy atom. The van der Waals surface area contributed by atoms with E-state index in [2.05, 4.69) is 10.2 Å². The second-order valence-corrected chi connectivity index (χ2v) is 4.96. The normalized spacial score (nSPS) is 16.9. The van der Waals surface area contributed by atoms with Crippen LogP contribution in [0.1, 0.15) is 18.0 Å². The lowest BCUT2D eigenvalue weighted by Gasteiger charge is -2.35. The minimum absolute atomic E-state index is 0. The van der Waals surface area contributed by atoms with Crippen molar-refractivity contribution in [2.75, 3.05) is 47.0 Å². The fraction of sp³-hybridized carbons (Fsp3) is 0.600. The number of methoxy groups -OCH3 is 2. The molecule has 1 fully saturated rings. The van der Waals surface area contributed by atoms with E-state index < -0.39 is 0 Å². The van der Waals surface area contributed by atoms with Gasteiger partial charge < -0.3 is 19.9 Å². The van der Waals surface area contributed by atoms with Crippen molar-refractivity contribution in [1.29, 1.82) is 0 Å². The number of hydrogen-bond acceptors (Lipinski definition) is 5. The summed E-state index contributed by atoms with van der Waals surface area (Å²) < 4.78 is 10.7. The maximum absolute atomic E-state index is 9.38. The number of halogens is 1. The first-order valence-corrected chi connectivity index (χ1v) is 7.07. The van der Waals surface area contributed by atoms with Gasteiger partial charge in [-0.1, -0.05) is 0 Å². The van der Waals surface area contributed by atoms with Gasteiger partial charge in [0.05, 0.1) is 14.2 Å². The summed E-state index contributed by atoms with van der Waals surface area (Å²) in [4.78, 5) is 2.40. The van der Waals surface area contributed by atoms with E-state index in [1.807, 2.05) is 18.2 Å². The van der Waals surface area contributed by atoms with Crippen LogP contribution in [-0.2, 0) is 0 Å². The van der Waals surface area contributed by atoms with E-state index >= 15 is 0 Å². The molecule has 2 rings (SSSR count). The monoisotopic (exact) mass is 316 g/mol. The number of benzene rings is 1. The van der Waals surface area contributed by atoms with Crippen LogP contribution in [0.4, 0.5) is 0 Å². The van der Waals surface area contributed by atoms with E-state index in [1.165, 1.54) is 0 Å². The average Bonchev–Trinajstić information content (AvgIpc) is 2.52. The fourth-order valence-electron chi connectivity index (χ4n) is 2.70. The van der Waals surface area contributed by atoms with Gasteiger partial charge in [0.2, 0.25) is 0 Å². The molecule has 1 aliphatic heterocycles. The smallest absolute Gasteiger partial charge is 0.122 e. The summed E-state index contributed by atoms with van der Waals surface area (Å²) in [7, 11) is 3.31. The van der Waals surface area contributed by atoms with Crippen molar-refractivity contribution in [3.05, 3.63) is 23.8 Å². The van der Waals surface area contributed by atoms with Gasteiger partial charge in [-0.25, -0.2) is 0 Å². The summed E-state index contributed by atoms with van der Waals surface area (Å²) in [6.07, 6.45) is 0.719. The van der Waals surface area contributed by atoms with Crippen LogP contribution in [0.15, 0.2) is 18.2 Å². The minimum atomic E-state index is 0. The number of hydrogen-bond donors (Lipinski definition) is 2. The molecule has 0 spiro atoms. The lowest BCUT2D eigenvalue weighted by atomic mass is 10.0. The molecule has 0 saturated carbocycles. The fourth-order valence-corrected chi connectivity index (χ4v) is 2.70. The Bertz CT molecular complexity index is 403. The molecule has 2 N–H and O–H groups in total. The van der Waals surface area contributed by atoms with Crippen LogP contribution in [0.2, 0.25) is 0 Å². The summed E-state index contributed by atoms with van der Waals surface area (Å²) in [6.45, 7) is 4.13. The average molecular weight is 317 g/mol. The van der Waals surface area contributed by atoms with Crippen molar-refractivity contribution in [3.63, 3.8) is 0 Å². The summed E-state index contributed by atoms with van der Waals surface area (Å²) in [5.41, 5.74) is 1.14. The first-order valence-electron chi connectivity index (χ1n) is 7.07. The van der Waals surface area contributed by atoms with Crippen molar-refractivity contribution in [2.24, 2.45) is 0 Å². The largest absolute Gasteiger partial charge is 0.497 e. The molecule has 1 saturated heterocycles. The topological polar surface area (TPSA) is 54.0 Å². The molecule has 0 aliphatic carbocycles. The number of nitrogens with one attached hydrogen (secondary N) is 1. The van der Waals surface area contributed by atoms with Gasteiger partial charge in [0, 0.05) is 44.9 Å². The van der Waals surface area contributed by atoms with Gasteiger partial charge in [0.1, 0.15) is 11.5 Å². The van der Waals surface area contributed by atoms with Crippen molar-refractivity contribution < 1.29 is 14.6 Å². The van der Waals surface area contributed by atoms with Crippen molar-refractivity contribution in [2.45, 2.75) is 12.5 Å². The predicted molar refractivity (Wildman–Crippen MR) is 85.7 cm³/mol. The van der Waals surface area contributed by atoms with E-state index in [9.17, 15) is 5.11 Å². The highest BCUT2D eigenvalue weighted by molar-refractivity contribution is 5.85. The molecule has 1 aromatic carbocycles. The van der Waals surface area contributed by atoms with Crippen LogP contribution in [-0.4, -0.2) is 57.0 Å². The molecular weight excluding hydrogens is 292 g/mol. The molecule has 1 aromatic rings. The molecule has 0 amide bonds. The van der Waals surface area contributed by atoms with Crippen molar-refractivity contribution >= 4 is 12.4 Å². The third-order valence-corrected chi connectivity index (χ3v) is 3.75. The van der Waals surface area contributed by atoms with Gasteiger partial charge >= 0.3 is 0 Å². The maximum Gasteiger partial charge on any atom is 0.122 e. The molecule has 120 valence electrons. The molecule has 0 aromatic heterocycles. The Kier molecular flexibility index (Phi) is 7.82. The van der Waals surface area contributed by atoms with E-state index in [4.69, 9.17) is 9.47 Å². The van der Waals surface area contributed by atoms with Crippen LogP contribution < -0.4 is 14.8 Å². The number of aliphatic hydroxyl groups excluding tert-OH is 1. The van der Waals surface area contributed by atoms with E-state index in [0.717, 1.165) is 49.7 Å². The number of aliphatic hydroxyl groups is 1. The van der Waals surface area contributed by atoms with Crippen molar-refractivity contribution in [3.8, 4) is 11.5 Å². The molecular formula is C15H25ClN2O3. The van der Waals surface area contributed by atoms with Gasteiger partial charge in [-0.15, -0.1) is 12.4 Å². The number of ether oxygens (including phenoxy) is 2. The van der Waals surface area contributed by atoms with Crippen LogP contribution in [0.5, 0.6) is 11.5 Å². The first-order chi connectivity index (χ1) is 9.78. The number of nitrogens with zero attached hydrogens (tertiary/aromatic N) is 1. The van der Waals surface area contributed by atoms with E-state index in [0.29, 0.717) is 0 Å². The molecule has 0 bridgehead atoms. The standard InChI is InChI=1S/C15H24N2O3.ClH/c1-19-13-9-12(10-14(11-13)20-2)15(3-8-18)17-6-4-16-5-7-17;/h9-11,15-16,18H,3-8H2,1-2H3;1H/t15-;/m1./s1. The zero-order chi connectivity index (χ0) is 14.4. The van der Waals surface area contributed by atoms with Crippen LogP contribution in [0.25, 0.3) is 0 Å². The quantitative estimate of drug-likeness (QED) is 0.832. The first kappa shape index (κ1) is 18.0. The van der Waals surface area contributed by atoms with Gasteiger partial charge in [0.25, 0.3) is 0 Å². The van der Waals surface area contributed by atoms with Gasteiger partial charge in [-0.3, -0.25) is 4.90 Å². The van der Waals surface area contributed by atoms with E-state index in [-0.39, 0.29) is 25.1 Å². The second kappa shape index (κ2) is 9.10. The van der Waals surface area contributed by atoms with Crippen LogP contribution in [0, 0.1) is 0 Å². The van der Waals surface area contributed by atoms with Crippen molar-refractivity contribution in [1.82, 2.24) is 10.2 Å². The zero-order valence-electron chi connectivity index (χ0n) is 12.7. The molecule has 0 unspecified atom stereocenters. The zero-order valence-corrected chi connectivity index (χ0v) is 13.5. The van der Waals surface area contributed by atoms with Gasteiger partial charge in [-0.2, -0.15) is 0 Å².